The monoisotopic (exact) mass is 308 g/mol. The second kappa shape index (κ2) is 6.93. The number of amides is 1. The molecule has 0 bridgehead atoms. The first-order valence-corrected chi connectivity index (χ1v) is 8.31. The van der Waals surface area contributed by atoms with Crippen LogP contribution >= 0.6 is 11.8 Å². The predicted molar refractivity (Wildman–Crippen MR) is 82.9 cm³/mol. The van der Waals surface area contributed by atoms with Gasteiger partial charge < -0.3 is 10.4 Å². The fraction of sp³-hybridized carbons (Fsp3) is 0.533. The van der Waals surface area contributed by atoms with Gasteiger partial charge in [-0.2, -0.15) is 11.8 Å². The quantitative estimate of drug-likeness (QED) is 0.874. The van der Waals surface area contributed by atoms with Gasteiger partial charge in [0, 0.05) is 23.1 Å². The predicted octanol–water partition coefficient (Wildman–Crippen LogP) is 2.58. The maximum Gasteiger partial charge on any atom is 0.354 e. The molecular weight excluding hydrogens is 288 g/mol. The van der Waals surface area contributed by atoms with Gasteiger partial charge in [-0.3, -0.25) is 4.79 Å². The van der Waals surface area contributed by atoms with Crippen molar-refractivity contribution in [2.45, 2.75) is 36.9 Å². The molecule has 0 aliphatic heterocycles. The van der Waals surface area contributed by atoms with Crippen molar-refractivity contribution in [3.8, 4) is 0 Å². The summed E-state index contributed by atoms with van der Waals surface area (Å²) in [6, 6.07) is 2.85. The standard InChI is InChI=1S/C15H20N2O3S/c1-21-15(6-3-2-4-7-15)10-17-13(18)11-5-8-16-12(9-11)14(19)20/h5,8-9H,2-4,6-7,10H2,1H3,(H,17,18)(H,19,20). The minimum absolute atomic E-state index is 0.111. The smallest absolute Gasteiger partial charge is 0.354 e. The Morgan fingerprint density at radius 3 is 2.71 bits per heavy atom. The van der Waals surface area contributed by atoms with Crippen LogP contribution in [0.15, 0.2) is 18.3 Å². The Bertz CT molecular complexity index is 527. The van der Waals surface area contributed by atoms with E-state index in [1.54, 1.807) is 0 Å². The topological polar surface area (TPSA) is 79.3 Å². The number of aromatic nitrogens is 1. The molecule has 0 unspecified atom stereocenters. The first-order valence-electron chi connectivity index (χ1n) is 7.09. The molecule has 1 aliphatic carbocycles. The van der Waals surface area contributed by atoms with E-state index in [2.05, 4.69) is 16.6 Å². The van der Waals surface area contributed by atoms with Crippen molar-refractivity contribution < 1.29 is 14.7 Å². The summed E-state index contributed by atoms with van der Waals surface area (Å²) in [7, 11) is 0. The van der Waals surface area contributed by atoms with E-state index in [9.17, 15) is 9.59 Å². The van der Waals surface area contributed by atoms with Gasteiger partial charge in [0.15, 0.2) is 0 Å². The van der Waals surface area contributed by atoms with Crippen molar-refractivity contribution in [1.82, 2.24) is 10.3 Å². The van der Waals surface area contributed by atoms with Crippen LogP contribution in [0, 0.1) is 0 Å². The van der Waals surface area contributed by atoms with E-state index < -0.39 is 5.97 Å². The summed E-state index contributed by atoms with van der Waals surface area (Å²) < 4.78 is 0.122. The van der Waals surface area contributed by atoms with Crippen LogP contribution in [0.5, 0.6) is 0 Å². The number of carboxylic acids is 1. The third kappa shape index (κ3) is 3.97. The van der Waals surface area contributed by atoms with Crippen molar-refractivity contribution in [1.29, 1.82) is 0 Å². The van der Waals surface area contributed by atoms with Crippen LogP contribution in [-0.2, 0) is 0 Å². The number of hydrogen-bond donors (Lipinski definition) is 2. The van der Waals surface area contributed by atoms with E-state index in [-0.39, 0.29) is 16.3 Å². The van der Waals surface area contributed by atoms with Crippen LogP contribution in [-0.4, -0.2) is 39.5 Å². The number of thioether (sulfide) groups is 1. The van der Waals surface area contributed by atoms with Gasteiger partial charge in [0.2, 0.25) is 0 Å². The molecule has 2 N–H and O–H groups in total. The Kier molecular flexibility index (Phi) is 5.22. The Morgan fingerprint density at radius 1 is 1.38 bits per heavy atom. The van der Waals surface area contributed by atoms with Gasteiger partial charge in [-0.1, -0.05) is 19.3 Å². The highest BCUT2D eigenvalue weighted by molar-refractivity contribution is 8.00. The number of nitrogens with one attached hydrogen (secondary N) is 1. The number of nitrogens with zero attached hydrogens (tertiary/aromatic N) is 1. The zero-order valence-corrected chi connectivity index (χ0v) is 12.9. The molecule has 1 aromatic rings. The van der Waals surface area contributed by atoms with Crippen molar-refractivity contribution in [2.24, 2.45) is 0 Å². The highest BCUT2D eigenvalue weighted by Gasteiger charge is 2.31. The minimum atomic E-state index is -1.13. The van der Waals surface area contributed by atoms with Crippen molar-refractivity contribution >= 4 is 23.6 Å². The molecule has 1 heterocycles. The van der Waals surface area contributed by atoms with E-state index in [1.165, 1.54) is 37.6 Å². The molecule has 0 saturated heterocycles. The molecular formula is C15H20N2O3S. The van der Waals surface area contributed by atoms with Crippen LogP contribution in [0.3, 0.4) is 0 Å². The second-order valence-electron chi connectivity index (χ2n) is 5.37. The maximum atomic E-state index is 12.2. The largest absolute Gasteiger partial charge is 0.477 e. The zero-order chi connectivity index (χ0) is 15.3. The van der Waals surface area contributed by atoms with Crippen LogP contribution in [0.1, 0.15) is 53.0 Å². The average Bonchev–Trinajstić information content (AvgIpc) is 2.53. The van der Waals surface area contributed by atoms with Gasteiger partial charge in [-0.05, 0) is 31.2 Å². The Balaban J connectivity index is 2.01. The summed E-state index contributed by atoms with van der Waals surface area (Å²) >= 11 is 1.82. The van der Waals surface area contributed by atoms with Gasteiger partial charge in [0.1, 0.15) is 5.69 Å². The third-order valence-corrected chi connectivity index (χ3v) is 5.43. The lowest BCUT2D eigenvalue weighted by atomic mass is 9.88. The van der Waals surface area contributed by atoms with Crippen molar-refractivity contribution in [3.63, 3.8) is 0 Å². The van der Waals surface area contributed by atoms with E-state index in [0.717, 1.165) is 12.8 Å². The first kappa shape index (κ1) is 15.8. The molecule has 114 valence electrons. The Morgan fingerprint density at radius 2 is 2.10 bits per heavy atom. The summed E-state index contributed by atoms with van der Waals surface area (Å²) in [6.07, 6.45) is 9.35. The molecule has 5 nitrogen and oxygen atoms in total. The fourth-order valence-corrected chi connectivity index (χ4v) is 3.59. The summed E-state index contributed by atoms with van der Waals surface area (Å²) in [5.41, 5.74) is 0.231. The van der Waals surface area contributed by atoms with Crippen LogP contribution < -0.4 is 5.32 Å². The number of pyridine rings is 1. The fourth-order valence-electron chi connectivity index (χ4n) is 2.68. The Labute approximate surface area is 128 Å². The summed E-state index contributed by atoms with van der Waals surface area (Å²) in [5, 5.41) is 11.9. The lowest BCUT2D eigenvalue weighted by Gasteiger charge is -2.35. The third-order valence-electron chi connectivity index (χ3n) is 4.01. The molecule has 0 atom stereocenters. The summed E-state index contributed by atoms with van der Waals surface area (Å²) in [6.45, 7) is 0.623. The minimum Gasteiger partial charge on any atom is -0.477 e. The van der Waals surface area contributed by atoms with E-state index in [1.807, 2.05) is 11.8 Å². The maximum absolute atomic E-state index is 12.2. The first-order chi connectivity index (χ1) is 10.1. The van der Waals surface area contributed by atoms with E-state index >= 15 is 0 Å². The molecule has 1 aromatic heterocycles. The molecule has 0 radical (unpaired) electrons. The summed E-state index contributed by atoms with van der Waals surface area (Å²) in [5.74, 6) is -1.36. The van der Waals surface area contributed by atoms with Gasteiger partial charge in [-0.15, -0.1) is 0 Å². The van der Waals surface area contributed by atoms with Crippen LogP contribution in [0.2, 0.25) is 0 Å². The normalized spacial score (nSPS) is 17.2. The number of carbonyl (C=O) groups excluding carboxylic acids is 1. The second-order valence-corrected chi connectivity index (χ2v) is 6.64. The van der Waals surface area contributed by atoms with Crippen LogP contribution in [0.4, 0.5) is 0 Å². The van der Waals surface area contributed by atoms with Gasteiger partial charge in [-0.25, -0.2) is 9.78 Å². The summed E-state index contributed by atoms with van der Waals surface area (Å²) in [4.78, 5) is 26.8. The molecule has 1 saturated carbocycles. The van der Waals surface area contributed by atoms with E-state index in [0.29, 0.717) is 12.1 Å². The number of hydrogen-bond acceptors (Lipinski definition) is 4. The SMILES string of the molecule is CSC1(CNC(=O)c2ccnc(C(=O)O)c2)CCCCC1. The lowest BCUT2D eigenvalue weighted by Crippen LogP contribution is -2.41. The molecule has 1 aliphatic rings. The molecule has 0 spiro atoms. The molecule has 1 fully saturated rings. The molecule has 1 amide bonds. The van der Waals surface area contributed by atoms with Gasteiger partial charge in [0.25, 0.3) is 5.91 Å². The average molecular weight is 308 g/mol. The van der Waals surface area contributed by atoms with Crippen molar-refractivity contribution in [2.75, 3.05) is 12.8 Å². The molecule has 6 heteroatoms. The molecule has 21 heavy (non-hydrogen) atoms. The number of carbonyl (C=O) groups is 2. The number of aromatic carboxylic acids is 1. The number of rotatable bonds is 5. The highest BCUT2D eigenvalue weighted by atomic mass is 32.2. The Hall–Kier alpha value is -1.56. The van der Waals surface area contributed by atoms with Crippen molar-refractivity contribution in [3.05, 3.63) is 29.6 Å². The highest BCUT2D eigenvalue weighted by Crippen LogP contribution is 2.37. The number of carboxylic acid groups (broad SMARTS) is 1. The van der Waals surface area contributed by atoms with Gasteiger partial charge >= 0.3 is 5.97 Å². The zero-order valence-electron chi connectivity index (χ0n) is 12.1. The molecule has 2 rings (SSSR count). The lowest BCUT2D eigenvalue weighted by molar-refractivity contribution is 0.0690. The van der Waals surface area contributed by atoms with E-state index in [4.69, 9.17) is 5.11 Å². The molecule has 0 aromatic carbocycles. The van der Waals surface area contributed by atoms with Gasteiger partial charge in [0.05, 0.1) is 0 Å². The van der Waals surface area contributed by atoms with Crippen LogP contribution in [0.25, 0.3) is 0 Å².